The summed E-state index contributed by atoms with van der Waals surface area (Å²) in [6, 6.07) is 61.9. The van der Waals surface area contributed by atoms with Crippen LogP contribution in [0.15, 0.2) is 251 Å². The quantitative estimate of drug-likeness (QED) is 0.0120. The van der Waals surface area contributed by atoms with E-state index in [9.17, 15) is 40.8 Å². The number of ether oxygens (including phenoxy) is 1. The number of thioether (sulfide) groups is 5. The molecule has 0 radical (unpaired) electrons. The molecular formula is C103H134Br2ClN7O10S9. The topological polar surface area (TPSA) is 235 Å². The Morgan fingerprint density at radius 2 is 0.947 bits per heavy atom. The third-order valence-electron chi connectivity index (χ3n) is 19.7. The van der Waals surface area contributed by atoms with Crippen LogP contribution < -0.4 is 11.1 Å². The number of hydrogen-bond donors (Lipinski definition) is 3. The molecule has 2 aliphatic carbocycles. The molecular weight excluding hydrogens is 1980 g/mol. The van der Waals surface area contributed by atoms with Crippen LogP contribution in [0.2, 0.25) is 0 Å². The fourth-order valence-corrected chi connectivity index (χ4v) is 17.6. The Hall–Kier alpha value is -7.13. The Balaban J connectivity index is 0.000000312. The fourth-order valence-electron chi connectivity index (χ4n) is 12.7. The number of H-pyrrole nitrogens is 1. The number of amides is 1. The molecule has 2 aliphatic rings. The second kappa shape index (κ2) is 61.2. The number of alkyl halides is 1. The highest BCUT2D eigenvalue weighted by molar-refractivity contribution is 9.10. The van der Waals surface area contributed by atoms with Gasteiger partial charge in [0.05, 0.1) is 32.4 Å². The number of aromatic nitrogens is 4. The Kier molecular flexibility index (Phi) is 54.3. The smallest absolute Gasteiger partial charge is 0.407 e. The van der Waals surface area contributed by atoms with Gasteiger partial charge in [-0.2, -0.15) is 0 Å². The van der Waals surface area contributed by atoms with Crippen molar-refractivity contribution >= 4 is 228 Å². The molecule has 0 unspecified atom stereocenters. The number of ketones is 3. The van der Waals surface area contributed by atoms with Crippen molar-refractivity contribution in [2.75, 3.05) is 81.8 Å². The number of rotatable bonds is 25. The largest absolute Gasteiger partial charge is 0.444 e. The van der Waals surface area contributed by atoms with Gasteiger partial charge in [0.1, 0.15) is 11.9 Å². The van der Waals surface area contributed by atoms with E-state index in [1.807, 2.05) is 143 Å². The minimum atomic E-state index is -3.54. The van der Waals surface area contributed by atoms with E-state index in [2.05, 4.69) is 230 Å². The molecule has 14 rings (SSSR count). The van der Waals surface area contributed by atoms with E-state index in [1.54, 1.807) is 123 Å². The van der Waals surface area contributed by atoms with Crippen LogP contribution in [-0.4, -0.2) is 157 Å². The maximum atomic E-state index is 12.7. The average molecular weight is 2110 g/mol. The lowest BCUT2D eigenvalue weighted by molar-refractivity contribution is -0.110. The third kappa shape index (κ3) is 39.2. The number of nitrogens with one attached hydrogen (secondary N) is 2. The number of nitrogens with zero attached hydrogens (tertiary/aromatic N) is 4. The van der Waals surface area contributed by atoms with Gasteiger partial charge in [0.2, 0.25) is 0 Å². The van der Waals surface area contributed by atoms with Crippen LogP contribution in [0.3, 0.4) is 0 Å². The summed E-state index contributed by atoms with van der Waals surface area (Å²) in [4.78, 5) is 68.9. The van der Waals surface area contributed by atoms with Crippen molar-refractivity contribution in [3.63, 3.8) is 0 Å². The predicted molar refractivity (Wildman–Crippen MR) is 584 cm³/mol. The summed E-state index contributed by atoms with van der Waals surface area (Å²) >= 11 is 15.2. The molecule has 12 aromatic rings. The van der Waals surface area contributed by atoms with Gasteiger partial charge in [-0.25, -0.2) is 25.6 Å². The second-order valence-corrected chi connectivity index (χ2v) is 45.0. The van der Waals surface area contributed by atoms with Crippen molar-refractivity contribution in [3.8, 4) is 0 Å². The number of fused-ring (bicyclic) bond motifs is 6. The summed E-state index contributed by atoms with van der Waals surface area (Å²) in [6.45, 7) is 35.8. The lowest BCUT2D eigenvalue weighted by Gasteiger charge is -2.19. The number of halogens is 3. The number of benzene rings is 8. The van der Waals surface area contributed by atoms with Crippen molar-refractivity contribution in [1.29, 1.82) is 0 Å². The zero-order valence-electron chi connectivity index (χ0n) is 80.3. The number of Topliss-reactive ketones (excluding diaryl/α,β-unsaturated/α-hetero) is 3. The molecule has 4 heterocycles. The Morgan fingerprint density at radius 1 is 0.530 bits per heavy atom. The maximum absolute atomic E-state index is 12.7. The summed E-state index contributed by atoms with van der Waals surface area (Å²) in [5.74, 6) is 0.858. The molecule has 0 saturated heterocycles. The highest BCUT2D eigenvalue weighted by Gasteiger charge is 2.23. The van der Waals surface area contributed by atoms with E-state index in [-0.39, 0.29) is 52.0 Å². The van der Waals surface area contributed by atoms with Gasteiger partial charge in [0, 0.05) is 139 Å². The van der Waals surface area contributed by atoms with E-state index in [1.165, 1.54) is 87.6 Å². The molecule has 17 nitrogen and oxygen atoms in total. The van der Waals surface area contributed by atoms with Gasteiger partial charge in [-0.3, -0.25) is 14.4 Å². The number of carbonyl (C=O) groups is 5. The van der Waals surface area contributed by atoms with Gasteiger partial charge in [0.15, 0.2) is 17.3 Å². The van der Waals surface area contributed by atoms with Crippen LogP contribution in [0.1, 0.15) is 164 Å². The molecule has 0 saturated carbocycles. The van der Waals surface area contributed by atoms with Crippen LogP contribution >= 0.6 is 123 Å². The normalized spacial score (nSPS) is 11.5. The molecule has 0 fully saturated rings. The van der Waals surface area contributed by atoms with E-state index in [0.717, 1.165) is 86.3 Å². The molecule has 4 N–H and O–H groups in total. The lowest BCUT2D eigenvalue weighted by atomic mass is 10.1. The molecule has 0 atom stereocenters. The minimum Gasteiger partial charge on any atom is -0.444 e. The average Bonchev–Trinajstić information content (AvgIpc) is 1.62. The van der Waals surface area contributed by atoms with Gasteiger partial charge in [-0.15, -0.1) is 58.8 Å². The number of aromatic amines is 1. The van der Waals surface area contributed by atoms with E-state index in [0.29, 0.717) is 35.7 Å². The zero-order chi connectivity index (χ0) is 98.4. The molecule has 0 spiro atoms. The Bertz CT molecular complexity index is 5770. The van der Waals surface area contributed by atoms with Crippen LogP contribution in [0.4, 0.5) is 4.79 Å². The van der Waals surface area contributed by atoms with Gasteiger partial charge in [-0.1, -0.05) is 234 Å². The zero-order valence-corrected chi connectivity index (χ0v) is 91.6. The third-order valence-corrected chi connectivity index (χ3v) is 28.6. The number of carbonyl (C=O) groups excluding carboxylic acids is 5. The molecule has 716 valence electrons. The van der Waals surface area contributed by atoms with Crippen molar-refractivity contribution in [1.82, 2.24) is 28.3 Å². The summed E-state index contributed by atoms with van der Waals surface area (Å²) in [7, 11) is 1.51. The van der Waals surface area contributed by atoms with Crippen LogP contribution in [0, 0.1) is 23.7 Å². The van der Waals surface area contributed by atoms with Gasteiger partial charge < -0.3 is 39.6 Å². The Labute approximate surface area is 837 Å². The minimum absolute atomic E-state index is 0.000794. The van der Waals surface area contributed by atoms with Crippen molar-refractivity contribution in [3.05, 3.63) is 256 Å². The molecule has 4 aromatic heterocycles. The number of nitrogens with two attached hydrogens (primary N) is 1. The first-order valence-corrected chi connectivity index (χ1v) is 58.4. The van der Waals surface area contributed by atoms with Gasteiger partial charge >= 0.3 is 6.09 Å². The van der Waals surface area contributed by atoms with E-state index in [4.69, 9.17) is 21.2 Å². The summed E-state index contributed by atoms with van der Waals surface area (Å²) in [5.41, 5.74) is 17.3. The van der Waals surface area contributed by atoms with Gasteiger partial charge in [0.25, 0.3) is 19.1 Å². The van der Waals surface area contributed by atoms with E-state index >= 15 is 0 Å². The summed E-state index contributed by atoms with van der Waals surface area (Å²) in [6.07, 6.45) is 28.6. The van der Waals surface area contributed by atoms with Crippen molar-refractivity contribution < 1.29 is 45.5 Å². The number of allylic oxidation sites excluding steroid dienone is 2. The predicted octanol–water partition coefficient (Wildman–Crippen LogP) is 28.4. The molecule has 8 aromatic carbocycles. The number of aryl methyl sites for hydroxylation is 1. The number of alkyl carbamates (subject to hydrolysis) is 1. The van der Waals surface area contributed by atoms with E-state index < -0.39 is 24.7 Å². The first kappa shape index (κ1) is 117. The van der Waals surface area contributed by atoms with Crippen LogP contribution in [0.5, 0.6) is 0 Å². The monoisotopic (exact) mass is 2110 g/mol. The van der Waals surface area contributed by atoms with Gasteiger partial charge in [-0.05, 0) is 247 Å². The molecule has 29 heteroatoms. The summed E-state index contributed by atoms with van der Waals surface area (Å²) < 4.78 is 58.2. The van der Waals surface area contributed by atoms with Crippen molar-refractivity contribution in [2.24, 2.45) is 29.4 Å². The molecule has 0 aliphatic heterocycles. The standard InChI is InChI=1S/C16H21NOS.C15H20N2OS.C15H13NO2S2.C13H15NOS.C10H10S.C9H7Br.C7H14BrNO2.C6H5ClO2S.C6H15N.C4H8O.C2H6S2/c1-5-8-17-14-10-13(19-4)7-6-12(14)9-15(17)16(18)11(2)3;1-10(2)15(18)14-8-11-4-5-12(19-3)9-13(11)17(14)7-6-16;1-19-13-8-7-12-9-10-16(15(12)11-13)20(17,18)14-5-3-2-4-6-14;1-8(2)13(15)12-6-9-4-5-10(16-3)7-11(9)14-12;1-11-10-6-5-8-3-2-4-9(8)7-10;10-9-5-4-7-2-1-3-8(7)6-9;1-7(2,3)11-6(10)9-5-4-8;7-10(8,9)6-4-2-1-3-5-6;1-4-7(5-2)6-3;1-4(2)3-5;1-3-4-2/h6-7,9-11H,5,8H2,1-4H3;4-5,8-10H,6-7,16H2,1-3H3;2-11H,1H3;4-8,14H,1-3H3;2-3,5-7H,4H2,1H3;1-2,4-6H,3H2;4-5H2,1-3H3,(H,9,10);1-5H;4-6H2,1-3H3;3-4H,1-2H3;1-2H3. The molecule has 0 bridgehead atoms. The number of hydrogen-bond acceptors (Lipinski definition) is 19. The second-order valence-electron chi connectivity index (χ2n) is 31.9. The first-order valence-electron chi connectivity index (χ1n) is 43.6. The fraction of sp³-hybridized carbons (Fsp3) is 0.369. The van der Waals surface area contributed by atoms with Crippen molar-refractivity contribution in [2.45, 2.75) is 176 Å². The maximum Gasteiger partial charge on any atom is 0.407 e. The Morgan fingerprint density at radius 3 is 1.35 bits per heavy atom. The van der Waals surface area contributed by atoms with Crippen LogP contribution in [-0.2, 0) is 54.5 Å². The first-order chi connectivity index (χ1) is 62.7. The highest BCUT2D eigenvalue weighted by Crippen LogP contribution is 2.33. The lowest BCUT2D eigenvalue weighted by Crippen LogP contribution is -2.33. The highest BCUT2D eigenvalue weighted by atomic mass is 79.9. The molecule has 1 amide bonds. The molecule has 132 heavy (non-hydrogen) atoms. The SMILES string of the molecule is Brc1ccc2c(c1)CC=C2.CC(C)(C)OC(=O)NCCBr.CC(C)C=O.CCCn1c(C(=O)C(C)C)cc2ccc(SC)cc21.CCN(CC)CC.CSSC.CSc1ccc2c(c1)CC=C2.CSc1ccc2cc(C(=O)C(C)C)[nH]c2c1.CSc1ccc2cc(C(=O)C(C)C)n(CCN)c2c1.CSc1ccc2ccn(S(=O)(=O)c3ccccc3)c2c1.O=S(=O)(Cl)c1ccccc1. The summed E-state index contributed by atoms with van der Waals surface area (Å²) in [5, 5.41) is 7.61. The number of aldehydes is 1. The van der Waals surface area contributed by atoms with Crippen LogP contribution in [0.25, 0.3) is 55.8 Å².